The smallest absolute Gasteiger partial charge is 0.407 e. The summed E-state index contributed by atoms with van der Waals surface area (Å²) >= 11 is 0. The lowest BCUT2D eigenvalue weighted by molar-refractivity contribution is -0.139. The molecule has 7 heteroatoms. The standard InChI is InChI=1S/C28H26N2O5/c1-2-7-25(27(32)33)30-26(31)19-14-12-18(13-15-19)16-29-28(34)35-17-24-22-10-5-3-8-20(22)21-9-4-6-11-23(21)24/h2-6,8-15,24-25H,1,7,16-17H2,(H,29,34)(H,30,31)(H,32,33). The highest BCUT2D eigenvalue weighted by Gasteiger charge is 2.29. The Labute approximate surface area is 203 Å². The van der Waals surface area contributed by atoms with Gasteiger partial charge in [-0.2, -0.15) is 0 Å². The summed E-state index contributed by atoms with van der Waals surface area (Å²) in [6.07, 6.45) is 1.04. The maximum Gasteiger partial charge on any atom is 0.407 e. The summed E-state index contributed by atoms with van der Waals surface area (Å²) in [5.74, 6) is -1.63. The van der Waals surface area contributed by atoms with Crippen molar-refractivity contribution in [3.63, 3.8) is 0 Å². The molecule has 0 bridgehead atoms. The number of fused-ring (bicyclic) bond motifs is 3. The maximum atomic E-state index is 12.4. The van der Waals surface area contributed by atoms with Crippen LogP contribution < -0.4 is 10.6 Å². The van der Waals surface area contributed by atoms with Crippen molar-refractivity contribution in [3.05, 3.63) is 108 Å². The highest BCUT2D eigenvalue weighted by Crippen LogP contribution is 2.44. The van der Waals surface area contributed by atoms with Crippen LogP contribution in [0.2, 0.25) is 0 Å². The third kappa shape index (κ3) is 5.41. The van der Waals surface area contributed by atoms with Gasteiger partial charge in [-0.05, 0) is 46.4 Å². The second-order valence-electron chi connectivity index (χ2n) is 8.26. The van der Waals surface area contributed by atoms with Gasteiger partial charge >= 0.3 is 12.1 Å². The summed E-state index contributed by atoms with van der Waals surface area (Å²) < 4.78 is 5.53. The first-order valence-electron chi connectivity index (χ1n) is 11.3. The van der Waals surface area contributed by atoms with Crippen LogP contribution in [0, 0.1) is 0 Å². The molecule has 178 valence electrons. The number of hydrogen-bond acceptors (Lipinski definition) is 4. The molecule has 1 unspecified atom stereocenters. The van der Waals surface area contributed by atoms with Crippen LogP contribution in [0.25, 0.3) is 11.1 Å². The van der Waals surface area contributed by atoms with E-state index >= 15 is 0 Å². The minimum Gasteiger partial charge on any atom is -0.480 e. The van der Waals surface area contributed by atoms with Gasteiger partial charge in [-0.15, -0.1) is 6.58 Å². The largest absolute Gasteiger partial charge is 0.480 e. The maximum absolute atomic E-state index is 12.4. The first-order chi connectivity index (χ1) is 17.0. The highest BCUT2D eigenvalue weighted by atomic mass is 16.5. The van der Waals surface area contributed by atoms with E-state index in [0.717, 1.165) is 16.7 Å². The van der Waals surface area contributed by atoms with E-state index in [9.17, 15) is 14.4 Å². The van der Waals surface area contributed by atoms with Gasteiger partial charge in [0.2, 0.25) is 0 Å². The molecule has 1 aliphatic rings. The molecule has 7 nitrogen and oxygen atoms in total. The van der Waals surface area contributed by atoms with Crippen molar-refractivity contribution >= 4 is 18.0 Å². The van der Waals surface area contributed by atoms with Crippen molar-refractivity contribution in [2.45, 2.75) is 24.9 Å². The zero-order valence-electron chi connectivity index (χ0n) is 19.1. The summed E-state index contributed by atoms with van der Waals surface area (Å²) in [6.45, 7) is 3.96. The minimum absolute atomic E-state index is 0.0123. The number of carbonyl (C=O) groups excluding carboxylic acids is 2. The van der Waals surface area contributed by atoms with Gasteiger partial charge in [-0.1, -0.05) is 66.7 Å². The van der Waals surface area contributed by atoms with Crippen molar-refractivity contribution in [2.75, 3.05) is 6.61 Å². The van der Waals surface area contributed by atoms with Gasteiger partial charge in [0.25, 0.3) is 5.91 Å². The van der Waals surface area contributed by atoms with Crippen molar-refractivity contribution in [3.8, 4) is 11.1 Å². The van der Waals surface area contributed by atoms with Crippen molar-refractivity contribution in [1.29, 1.82) is 0 Å². The number of aliphatic carboxylic acids is 1. The molecule has 0 radical (unpaired) electrons. The second kappa shape index (κ2) is 10.7. The van der Waals surface area contributed by atoms with E-state index in [2.05, 4.69) is 41.5 Å². The van der Waals surface area contributed by atoms with Crippen molar-refractivity contribution in [1.82, 2.24) is 10.6 Å². The summed E-state index contributed by atoms with van der Waals surface area (Å²) in [5.41, 5.74) is 5.73. The van der Waals surface area contributed by atoms with Gasteiger partial charge in [-0.25, -0.2) is 9.59 Å². The van der Waals surface area contributed by atoms with E-state index in [1.165, 1.54) is 17.2 Å². The number of carboxylic acids is 1. The lowest BCUT2D eigenvalue weighted by atomic mass is 9.98. The number of ether oxygens (including phenoxy) is 1. The van der Waals surface area contributed by atoms with E-state index in [0.29, 0.717) is 5.56 Å². The highest BCUT2D eigenvalue weighted by molar-refractivity contribution is 5.96. The van der Waals surface area contributed by atoms with E-state index < -0.39 is 24.0 Å². The van der Waals surface area contributed by atoms with Gasteiger partial charge in [-0.3, -0.25) is 4.79 Å². The number of nitrogens with one attached hydrogen (secondary N) is 2. The Hall–Kier alpha value is -4.39. The fraction of sp³-hybridized carbons (Fsp3) is 0.179. The van der Waals surface area contributed by atoms with E-state index in [1.54, 1.807) is 24.3 Å². The van der Waals surface area contributed by atoms with E-state index in [-0.39, 0.29) is 25.5 Å². The Morgan fingerprint density at radius 3 is 2.11 bits per heavy atom. The summed E-state index contributed by atoms with van der Waals surface area (Å²) in [6, 6.07) is 21.8. The number of rotatable bonds is 9. The molecule has 3 aromatic rings. The fourth-order valence-corrected chi connectivity index (χ4v) is 4.23. The predicted molar refractivity (Wildman–Crippen MR) is 132 cm³/mol. The zero-order chi connectivity index (χ0) is 24.8. The minimum atomic E-state index is -1.12. The van der Waals surface area contributed by atoms with Crippen LogP contribution in [0.5, 0.6) is 0 Å². The molecule has 2 amide bonds. The molecule has 4 rings (SSSR count). The normalized spacial score (nSPS) is 12.7. The molecule has 3 aromatic carbocycles. The molecule has 0 spiro atoms. The van der Waals surface area contributed by atoms with Crippen LogP contribution >= 0.6 is 0 Å². The number of benzene rings is 3. The average molecular weight is 471 g/mol. The second-order valence-corrected chi connectivity index (χ2v) is 8.26. The summed E-state index contributed by atoms with van der Waals surface area (Å²) in [5, 5.41) is 14.4. The molecule has 0 aromatic heterocycles. The number of carbonyl (C=O) groups is 3. The molecule has 1 aliphatic carbocycles. The lowest BCUT2D eigenvalue weighted by Gasteiger charge is -2.15. The fourth-order valence-electron chi connectivity index (χ4n) is 4.23. The van der Waals surface area contributed by atoms with Crippen LogP contribution in [0.1, 0.15) is 39.4 Å². The number of amides is 2. The quantitative estimate of drug-likeness (QED) is 0.400. The number of hydrogen-bond donors (Lipinski definition) is 3. The number of carboxylic acid groups (broad SMARTS) is 1. The Kier molecular flexibility index (Phi) is 7.26. The monoisotopic (exact) mass is 470 g/mol. The van der Waals surface area contributed by atoms with Gasteiger partial charge < -0.3 is 20.5 Å². The van der Waals surface area contributed by atoms with Crippen LogP contribution in [0.15, 0.2) is 85.5 Å². The van der Waals surface area contributed by atoms with Crippen molar-refractivity contribution < 1.29 is 24.2 Å². The SMILES string of the molecule is C=CCC(NC(=O)c1ccc(CNC(=O)OCC2c3ccccc3-c3ccccc32)cc1)C(=O)O. The molecule has 0 saturated carbocycles. The molecule has 3 N–H and O–H groups in total. The molecule has 35 heavy (non-hydrogen) atoms. The summed E-state index contributed by atoms with van der Waals surface area (Å²) in [4.78, 5) is 35.9. The van der Waals surface area contributed by atoms with E-state index in [4.69, 9.17) is 9.84 Å². The molecule has 0 heterocycles. The molecule has 0 fully saturated rings. The zero-order valence-corrected chi connectivity index (χ0v) is 19.1. The van der Waals surface area contributed by atoms with E-state index in [1.807, 2.05) is 24.3 Å². The molecular formula is C28H26N2O5. The first kappa shape index (κ1) is 23.8. The Balaban J connectivity index is 1.30. The van der Waals surface area contributed by atoms with Crippen molar-refractivity contribution in [2.24, 2.45) is 0 Å². The van der Waals surface area contributed by atoms with Gasteiger partial charge in [0.15, 0.2) is 0 Å². The Morgan fingerprint density at radius 2 is 1.54 bits per heavy atom. The Morgan fingerprint density at radius 1 is 0.943 bits per heavy atom. The first-order valence-corrected chi connectivity index (χ1v) is 11.3. The lowest BCUT2D eigenvalue weighted by Crippen LogP contribution is -2.40. The van der Waals surface area contributed by atoms with Gasteiger partial charge in [0.1, 0.15) is 12.6 Å². The van der Waals surface area contributed by atoms with Crippen LogP contribution in [0.3, 0.4) is 0 Å². The van der Waals surface area contributed by atoms with Crippen LogP contribution in [0.4, 0.5) is 4.79 Å². The number of alkyl carbamates (subject to hydrolysis) is 1. The molecule has 0 saturated heterocycles. The topological polar surface area (TPSA) is 105 Å². The third-order valence-electron chi connectivity index (χ3n) is 6.00. The van der Waals surface area contributed by atoms with Gasteiger partial charge in [0.05, 0.1) is 0 Å². The third-order valence-corrected chi connectivity index (χ3v) is 6.00. The van der Waals surface area contributed by atoms with Gasteiger partial charge in [0, 0.05) is 18.0 Å². The van der Waals surface area contributed by atoms with Crippen LogP contribution in [-0.2, 0) is 16.1 Å². The Bertz CT molecular complexity index is 1210. The van der Waals surface area contributed by atoms with Crippen LogP contribution in [-0.4, -0.2) is 35.7 Å². The molecule has 1 atom stereocenters. The molecular weight excluding hydrogens is 444 g/mol. The predicted octanol–water partition coefficient (Wildman–Crippen LogP) is 4.48. The summed E-state index contributed by atoms with van der Waals surface area (Å²) in [7, 11) is 0. The molecule has 0 aliphatic heterocycles. The average Bonchev–Trinajstić information content (AvgIpc) is 3.20.